The lowest BCUT2D eigenvalue weighted by Crippen LogP contribution is -2.34. The molecule has 1 amide bonds. The van der Waals surface area contributed by atoms with Crippen molar-refractivity contribution in [1.29, 1.82) is 0 Å². The van der Waals surface area contributed by atoms with Crippen LogP contribution in [0.3, 0.4) is 0 Å². The maximum atomic E-state index is 14.5. The molecule has 3 aromatic heterocycles. The molecule has 4 rings (SSSR count). The maximum Gasteiger partial charge on any atom is 0.254 e. The van der Waals surface area contributed by atoms with Gasteiger partial charge in [-0.15, -0.1) is 0 Å². The molecule has 0 aliphatic rings. The molecular formula is C24H21ClFN5O. The Morgan fingerprint density at radius 3 is 2.72 bits per heavy atom. The molecule has 0 aliphatic heterocycles. The summed E-state index contributed by atoms with van der Waals surface area (Å²) < 4.78 is 14.5. The number of aromatic nitrogens is 3. The Hall–Kier alpha value is -3.58. The SMILES string of the molecule is Cc1cc2cc(C(=O)N(Cc3ccc(Cl)cn3)[C@H](C)c3ncccc3F)ccc2nc1N. The highest BCUT2D eigenvalue weighted by atomic mass is 35.5. The summed E-state index contributed by atoms with van der Waals surface area (Å²) in [5, 5.41) is 1.29. The summed E-state index contributed by atoms with van der Waals surface area (Å²) in [5.74, 6) is -0.308. The molecule has 0 bridgehead atoms. The topological polar surface area (TPSA) is 85.0 Å². The number of benzene rings is 1. The van der Waals surface area contributed by atoms with E-state index in [4.69, 9.17) is 17.3 Å². The molecule has 0 spiro atoms. The fourth-order valence-electron chi connectivity index (χ4n) is 3.51. The Labute approximate surface area is 189 Å². The molecule has 32 heavy (non-hydrogen) atoms. The first-order valence-electron chi connectivity index (χ1n) is 10.0. The zero-order valence-electron chi connectivity index (χ0n) is 17.6. The number of fused-ring (bicyclic) bond motifs is 1. The average molecular weight is 450 g/mol. The van der Waals surface area contributed by atoms with Gasteiger partial charge >= 0.3 is 0 Å². The summed E-state index contributed by atoms with van der Waals surface area (Å²) >= 11 is 5.95. The summed E-state index contributed by atoms with van der Waals surface area (Å²) in [6.07, 6.45) is 3.02. The minimum absolute atomic E-state index is 0.157. The van der Waals surface area contributed by atoms with E-state index in [1.165, 1.54) is 24.5 Å². The highest BCUT2D eigenvalue weighted by Gasteiger charge is 2.26. The predicted octanol–water partition coefficient (Wildman–Crippen LogP) is 5.11. The van der Waals surface area contributed by atoms with E-state index in [1.54, 1.807) is 42.2 Å². The molecule has 1 atom stereocenters. The zero-order valence-corrected chi connectivity index (χ0v) is 18.3. The molecule has 6 nitrogen and oxygen atoms in total. The van der Waals surface area contributed by atoms with Crippen LogP contribution in [0.4, 0.5) is 10.2 Å². The maximum absolute atomic E-state index is 14.5. The molecular weight excluding hydrogens is 429 g/mol. The molecule has 3 heterocycles. The van der Waals surface area contributed by atoms with E-state index in [1.807, 2.05) is 13.0 Å². The first-order chi connectivity index (χ1) is 15.3. The Balaban J connectivity index is 1.75. The number of aryl methyl sites for hydroxylation is 1. The van der Waals surface area contributed by atoms with Gasteiger partial charge in [0.25, 0.3) is 5.91 Å². The highest BCUT2D eigenvalue weighted by molar-refractivity contribution is 6.30. The molecule has 1 aromatic carbocycles. The number of carbonyl (C=O) groups excluding carboxylic acids is 1. The number of rotatable bonds is 5. The lowest BCUT2D eigenvalue weighted by Gasteiger charge is -2.29. The van der Waals surface area contributed by atoms with Crippen LogP contribution in [0, 0.1) is 12.7 Å². The Bertz CT molecular complexity index is 1300. The van der Waals surface area contributed by atoms with Crippen molar-refractivity contribution in [3.63, 3.8) is 0 Å². The van der Waals surface area contributed by atoms with Crippen molar-refractivity contribution in [2.24, 2.45) is 0 Å². The molecule has 2 N–H and O–H groups in total. The standard InChI is InChI=1S/C24H21ClFN5O/c1-14-10-17-11-16(5-8-21(17)30-23(14)27)24(32)31(13-19-7-6-18(25)12-29-19)15(2)22-20(26)4-3-9-28-22/h3-12,15H,13H2,1-2H3,(H2,27,30)/t15-/m1/s1. The average Bonchev–Trinajstić information content (AvgIpc) is 2.78. The van der Waals surface area contributed by atoms with E-state index in [2.05, 4.69) is 15.0 Å². The molecule has 0 saturated carbocycles. The minimum atomic E-state index is -0.636. The molecule has 0 radical (unpaired) electrons. The summed E-state index contributed by atoms with van der Waals surface area (Å²) in [4.78, 5) is 28.0. The van der Waals surface area contributed by atoms with Gasteiger partial charge in [-0.1, -0.05) is 11.6 Å². The number of anilines is 1. The fraction of sp³-hybridized carbons (Fsp3) is 0.167. The summed E-state index contributed by atoms with van der Waals surface area (Å²) in [7, 11) is 0. The molecule has 4 aromatic rings. The van der Waals surface area contributed by atoms with E-state index >= 15 is 0 Å². The molecule has 0 unspecified atom stereocenters. The van der Waals surface area contributed by atoms with Crippen molar-refractivity contribution in [3.05, 3.63) is 94.3 Å². The number of nitrogens with two attached hydrogens (primary N) is 1. The molecule has 0 saturated heterocycles. The van der Waals surface area contributed by atoms with E-state index in [0.29, 0.717) is 27.6 Å². The molecule has 0 fully saturated rings. The van der Waals surface area contributed by atoms with Crippen molar-refractivity contribution in [2.75, 3.05) is 5.73 Å². The van der Waals surface area contributed by atoms with E-state index in [0.717, 1.165) is 10.9 Å². The summed E-state index contributed by atoms with van der Waals surface area (Å²) in [6, 6.07) is 12.7. The molecule has 0 aliphatic carbocycles. The first-order valence-corrected chi connectivity index (χ1v) is 10.4. The van der Waals surface area contributed by atoms with Gasteiger partial charge in [-0.05, 0) is 67.9 Å². The van der Waals surface area contributed by atoms with Crippen LogP contribution in [-0.4, -0.2) is 25.8 Å². The smallest absolute Gasteiger partial charge is 0.254 e. The van der Waals surface area contributed by atoms with Crippen molar-refractivity contribution >= 4 is 34.2 Å². The first kappa shape index (κ1) is 21.6. The third-order valence-electron chi connectivity index (χ3n) is 5.32. The fourth-order valence-corrected chi connectivity index (χ4v) is 3.62. The number of amides is 1. The van der Waals surface area contributed by atoms with Gasteiger partial charge in [-0.25, -0.2) is 9.37 Å². The van der Waals surface area contributed by atoms with Crippen LogP contribution in [0.25, 0.3) is 10.9 Å². The summed E-state index contributed by atoms with van der Waals surface area (Å²) in [6.45, 7) is 3.76. The van der Waals surface area contributed by atoms with Crippen molar-refractivity contribution in [2.45, 2.75) is 26.4 Å². The minimum Gasteiger partial charge on any atom is -0.383 e. The number of hydrogen-bond donors (Lipinski definition) is 1. The highest BCUT2D eigenvalue weighted by Crippen LogP contribution is 2.27. The second-order valence-electron chi connectivity index (χ2n) is 7.55. The van der Waals surface area contributed by atoms with Gasteiger partial charge in [0, 0.05) is 23.3 Å². The Kier molecular flexibility index (Phi) is 6.01. The lowest BCUT2D eigenvalue weighted by molar-refractivity contribution is 0.0664. The van der Waals surface area contributed by atoms with Crippen LogP contribution in [0.5, 0.6) is 0 Å². The van der Waals surface area contributed by atoms with Gasteiger partial charge in [0.05, 0.1) is 34.5 Å². The largest absolute Gasteiger partial charge is 0.383 e. The van der Waals surface area contributed by atoms with Crippen LogP contribution < -0.4 is 5.73 Å². The number of carbonyl (C=O) groups is 1. The Morgan fingerprint density at radius 2 is 2.00 bits per heavy atom. The number of nitrogens with zero attached hydrogens (tertiary/aromatic N) is 4. The van der Waals surface area contributed by atoms with Crippen LogP contribution in [0.1, 0.15) is 40.3 Å². The number of nitrogen functional groups attached to an aromatic ring is 1. The normalized spacial score (nSPS) is 12.0. The van der Waals surface area contributed by atoms with Crippen LogP contribution in [0.15, 0.2) is 60.9 Å². The van der Waals surface area contributed by atoms with Crippen molar-refractivity contribution < 1.29 is 9.18 Å². The van der Waals surface area contributed by atoms with Gasteiger partial charge in [0.1, 0.15) is 11.6 Å². The van der Waals surface area contributed by atoms with Gasteiger partial charge in [-0.3, -0.25) is 14.8 Å². The molecule has 8 heteroatoms. The lowest BCUT2D eigenvalue weighted by atomic mass is 10.1. The van der Waals surface area contributed by atoms with Gasteiger partial charge in [-0.2, -0.15) is 0 Å². The van der Waals surface area contributed by atoms with Gasteiger partial charge in [0.15, 0.2) is 0 Å². The van der Waals surface area contributed by atoms with Crippen LogP contribution >= 0.6 is 11.6 Å². The second kappa shape index (κ2) is 8.88. The van der Waals surface area contributed by atoms with E-state index < -0.39 is 11.9 Å². The van der Waals surface area contributed by atoms with Crippen LogP contribution in [0.2, 0.25) is 5.02 Å². The zero-order chi connectivity index (χ0) is 22.8. The van der Waals surface area contributed by atoms with Gasteiger partial charge < -0.3 is 10.6 Å². The van der Waals surface area contributed by atoms with Crippen molar-refractivity contribution in [1.82, 2.24) is 19.9 Å². The molecule has 162 valence electrons. The second-order valence-corrected chi connectivity index (χ2v) is 7.98. The third kappa shape index (κ3) is 4.38. The monoisotopic (exact) mass is 449 g/mol. The third-order valence-corrected chi connectivity index (χ3v) is 5.55. The van der Waals surface area contributed by atoms with Crippen LogP contribution in [-0.2, 0) is 6.54 Å². The number of hydrogen-bond acceptors (Lipinski definition) is 5. The van der Waals surface area contributed by atoms with E-state index in [9.17, 15) is 9.18 Å². The quantitative estimate of drug-likeness (QED) is 0.457. The van der Waals surface area contributed by atoms with E-state index in [-0.39, 0.29) is 18.1 Å². The van der Waals surface area contributed by atoms with Gasteiger partial charge in [0.2, 0.25) is 0 Å². The summed E-state index contributed by atoms with van der Waals surface area (Å²) in [5.41, 5.74) is 8.67. The number of pyridine rings is 3. The number of halogens is 2. The predicted molar refractivity (Wildman–Crippen MR) is 123 cm³/mol. The Morgan fingerprint density at radius 1 is 1.19 bits per heavy atom. The van der Waals surface area contributed by atoms with Crippen molar-refractivity contribution in [3.8, 4) is 0 Å².